The van der Waals surface area contributed by atoms with E-state index in [1.54, 1.807) is 13.2 Å². The maximum Gasteiger partial charge on any atom is 0.416 e. The van der Waals surface area contributed by atoms with Gasteiger partial charge in [0.05, 0.1) is 5.56 Å². The van der Waals surface area contributed by atoms with Crippen LogP contribution in [0.25, 0.3) is 0 Å². The molecule has 1 amide bonds. The van der Waals surface area contributed by atoms with Crippen LogP contribution in [0.3, 0.4) is 0 Å². The van der Waals surface area contributed by atoms with Gasteiger partial charge in [-0.3, -0.25) is 9.78 Å². The first kappa shape index (κ1) is 18.7. The number of ether oxygens (including phenoxy) is 1. The molecule has 2 N–H and O–H groups in total. The number of rotatable bonds is 7. The van der Waals surface area contributed by atoms with Crippen molar-refractivity contribution in [3.8, 4) is 0 Å². The number of amides is 1. The number of hydrogen-bond acceptors (Lipinski definition) is 4. The molecular formula is C17H18F3N3O2. The predicted molar refractivity (Wildman–Crippen MR) is 87.8 cm³/mol. The Morgan fingerprint density at radius 3 is 2.68 bits per heavy atom. The van der Waals surface area contributed by atoms with Gasteiger partial charge in [-0.1, -0.05) is 6.07 Å². The highest BCUT2D eigenvalue weighted by Gasteiger charge is 2.30. The number of aromatic nitrogens is 1. The SMILES string of the molecule is COCCCNC(=O)c1cc(Nc2cccc(C(F)(F)F)c2)ccn1. The van der Waals surface area contributed by atoms with E-state index in [9.17, 15) is 18.0 Å². The fourth-order valence-electron chi connectivity index (χ4n) is 2.08. The molecule has 5 nitrogen and oxygen atoms in total. The summed E-state index contributed by atoms with van der Waals surface area (Å²) in [6.45, 7) is 0.977. The molecule has 0 saturated carbocycles. The van der Waals surface area contributed by atoms with Crippen LogP contribution < -0.4 is 10.6 Å². The third kappa shape index (κ3) is 5.75. The molecule has 0 spiro atoms. The summed E-state index contributed by atoms with van der Waals surface area (Å²) in [4.78, 5) is 16.0. The fraction of sp³-hybridized carbons (Fsp3) is 0.294. The number of halogens is 3. The van der Waals surface area contributed by atoms with Crippen molar-refractivity contribution in [2.24, 2.45) is 0 Å². The Kier molecular flexibility index (Phi) is 6.35. The summed E-state index contributed by atoms with van der Waals surface area (Å²) in [6.07, 6.45) is -2.33. The minimum Gasteiger partial charge on any atom is -0.385 e. The van der Waals surface area contributed by atoms with Crippen molar-refractivity contribution in [3.63, 3.8) is 0 Å². The van der Waals surface area contributed by atoms with Gasteiger partial charge in [0, 0.05) is 37.8 Å². The number of pyridine rings is 1. The Balaban J connectivity index is 2.05. The summed E-state index contributed by atoms with van der Waals surface area (Å²) < 4.78 is 43.1. The van der Waals surface area contributed by atoms with Gasteiger partial charge in [-0.2, -0.15) is 13.2 Å². The van der Waals surface area contributed by atoms with E-state index in [2.05, 4.69) is 15.6 Å². The van der Waals surface area contributed by atoms with Gasteiger partial charge in [0.15, 0.2) is 0 Å². The first-order valence-electron chi connectivity index (χ1n) is 7.57. The van der Waals surface area contributed by atoms with Crippen molar-refractivity contribution in [1.29, 1.82) is 0 Å². The van der Waals surface area contributed by atoms with Crippen LogP contribution in [0.1, 0.15) is 22.5 Å². The van der Waals surface area contributed by atoms with Crippen molar-refractivity contribution < 1.29 is 22.7 Å². The van der Waals surface area contributed by atoms with Crippen LogP contribution in [0, 0.1) is 0 Å². The second kappa shape index (κ2) is 8.48. The zero-order valence-electron chi connectivity index (χ0n) is 13.6. The zero-order valence-corrected chi connectivity index (χ0v) is 13.6. The number of hydrogen-bond donors (Lipinski definition) is 2. The van der Waals surface area contributed by atoms with Crippen molar-refractivity contribution in [1.82, 2.24) is 10.3 Å². The highest BCUT2D eigenvalue weighted by Crippen LogP contribution is 2.31. The zero-order chi connectivity index (χ0) is 18.3. The molecule has 0 fully saturated rings. The van der Waals surface area contributed by atoms with E-state index in [1.807, 2.05) is 0 Å². The van der Waals surface area contributed by atoms with E-state index < -0.39 is 11.7 Å². The molecule has 0 aliphatic heterocycles. The summed E-state index contributed by atoms with van der Waals surface area (Å²) in [5.74, 6) is -0.358. The van der Waals surface area contributed by atoms with Crippen LogP contribution in [-0.2, 0) is 10.9 Å². The summed E-state index contributed by atoms with van der Waals surface area (Å²) in [5, 5.41) is 5.54. The van der Waals surface area contributed by atoms with Crippen LogP contribution in [0.2, 0.25) is 0 Å². The lowest BCUT2D eigenvalue weighted by Gasteiger charge is -2.11. The normalized spacial score (nSPS) is 11.2. The molecule has 1 aromatic carbocycles. The minimum atomic E-state index is -4.41. The summed E-state index contributed by atoms with van der Waals surface area (Å²) in [5.41, 5.74) is 0.168. The van der Waals surface area contributed by atoms with Gasteiger partial charge in [0.2, 0.25) is 0 Å². The minimum absolute atomic E-state index is 0.175. The fourth-order valence-corrected chi connectivity index (χ4v) is 2.08. The number of anilines is 2. The molecule has 25 heavy (non-hydrogen) atoms. The lowest BCUT2D eigenvalue weighted by Crippen LogP contribution is -2.26. The summed E-state index contributed by atoms with van der Waals surface area (Å²) >= 11 is 0. The van der Waals surface area contributed by atoms with E-state index in [-0.39, 0.29) is 17.3 Å². The Labute approximate surface area is 143 Å². The average molecular weight is 353 g/mol. The number of alkyl halides is 3. The van der Waals surface area contributed by atoms with Crippen molar-refractivity contribution in [3.05, 3.63) is 53.9 Å². The molecule has 0 saturated heterocycles. The molecule has 134 valence electrons. The molecule has 0 bridgehead atoms. The molecule has 1 heterocycles. The molecule has 0 atom stereocenters. The number of carbonyl (C=O) groups excluding carboxylic acids is 1. The van der Waals surface area contributed by atoms with E-state index in [0.29, 0.717) is 25.3 Å². The van der Waals surface area contributed by atoms with Gasteiger partial charge in [0.1, 0.15) is 5.69 Å². The summed E-state index contributed by atoms with van der Waals surface area (Å²) in [6, 6.07) is 7.88. The van der Waals surface area contributed by atoms with E-state index in [4.69, 9.17) is 4.74 Å². The lowest BCUT2D eigenvalue weighted by atomic mass is 10.2. The predicted octanol–water partition coefficient (Wildman–Crippen LogP) is 3.61. The van der Waals surface area contributed by atoms with Crippen LogP contribution >= 0.6 is 0 Å². The van der Waals surface area contributed by atoms with Gasteiger partial charge < -0.3 is 15.4 Å². The molecular weight excluding hydrogens is 335 g/mol. The first-order valence-corrected chi connectivity index (χ1v) is 7.57. The number of carbonyl (C=O) groups is 1. The van der Waals surface area contributed by atoms with Gasteiger partial charge >= 0.3 is 6.18 Å². The Morgan fingerprint density at radius 1 is 1.20 bits per heavy atom. The molecule has 0 aliphatic carbocycles. The molecule has 1 aromatic heterocycles. The monoisotopic (exact) mass is 353 g/mol. The van der Waals surface area contributed by atoms with Gasteiger partial charge in [-0.25, -0.2) is 0 Å². The molecule has 2 rings (SSSR count). The largest absolute Gasteiger partial charge is 0.416 e. The maximum atomic E-state index is 12.8. The van der Waals surface area contributed by atoms with Crippen LogP contribution in [0.5, 0.6) is 0 Å². The third-order valence-electron chi connectivity index (χ3n) is 3.28. The highest BCUT2D eigenvalue weighted by atomic mass is 19.4. The van der Waals surface area contributed by atoms with Gasteiger partial charge in [-0.15, -0.1) is 0 Å². The second-order valence-corrected chi connectivity index (χ2v) is 5.24. The van der Waals surface area contributed by atoms with Gasteiger partial charge in [0.25, 0.3) is 5.91 Å². The number of methoxy groups -OCH3 is 1. The van der Waals surface area contributed by atoms with Crippen molar-refractivity contribution in [2.75, 3.05) is 25.6 Å². The third-order valence-corrected chi connectivity index (χ3v) is 3.28. The van der Waals surface area contributed by atoms with Gasteiger partial charge in [-0.05, 0) is 36.8 Å². The standard InChI is InChI=1S/C17H18F3N3O2/c1-25-9-3-7-22-16(24)15-11-14(6-8-21-15)23-13-5-2-4-12(10-13)17(18,19)20/h2,4-6,8,10-11H,3,7,9H2,1H3,(H,21,23)(H,22,24). The van der Waals surface area contributed by atoms with E-state index in [1.165, 1.54) is 24.4 Å². The van der Waals surface area contributed by atoms with E-state index in [0.717, 1.165) is 12.1 Å². The Hall–Kier alpha value is -2.61. The highest BCUT2D eigenvalue weighted by molar-refractivity contribution is 5.93. The average Bonchev–Trinajstić information content (AvgIpc) is 2.58. The van der Waals surface area contributed by atoms with Crippen LogP contribution in [0.4, 0.5) is 24.5 Å². The second-order valence-electron chi connectivity index (χ2n) is 5.24. The topological polar surface area (TPSA) is 63.2 Å². The van der Waals surface area contributed by atoms with Crippen molar-refractivity contribution in [2.45, 2.75) is 12.6 Å². The van der Waals surface area contributed by atoms with Crippen molar-refractivity contribution >= 4 is 17.3 Å². The molecule has 2 aromatic rings. The smallest absolute Gasteiger partial charge is 0.385 e. The number of benzene rings is 1. The Morgan fingerprint density at radius 2 is 1.96 bits per heavy atom. The summed E-state index contributed by atoms with van der Waals surface area (Å²) in [7, 11) is 1.58. The molecule has 8 heteroatoms. The first-order chi connectivity index (χ1) is 11.9. The molecule has 0 unspecified atom stereocenters. The number of nitrogens with zero attached hydrogens (tertiary/aromatic N) is 1. The lowest BCUT2D eigenvalue weighted by molar-refractivity contribution is -0.137. The quantitative estimate of drug-likeness (QED) is 0.747. The van der Waals surface area contributed by atoms with E-state index >= 15 is 0 Å². The van der Waals surface area contributed by atoms with Crippen LogP contribution in [-0.4, -0.2) is 31.2 Å². The van der Waals surface area contributed by atoms with Crippen LogP contribution in [0.15, 0.2) is 42.6 Å². The number of nitrogens with one attached hydrogen (secondary N) is 2. The Bertz CT molecular complexity index is 720. The molecule has 0 aliphatic rings. The molecule has 0 radical (unpaired) electrons. The maximum absolute atomic E-state index is 12.8.